The van der Waals surface area contributed by atoms with E-state index in [0.717, 1.165) is 19.3 Å². The highest BCUT2D eigenvalue weighted by molar-refractivity contribution is 5.79. The van der Waals surface area contributed by atoms with Gasteiger partial charge >= 0.3 is 0 Å². The van der Waals surface area contributed by atoms with Crippen LogP contribution in [0.4, 0.5) is 8.78 Å². The molecule has 0 saturated heterocycles. The van der Waals surface area contributed by atoms with Gasteiger partial charge in [0.05, 0.1) is 0 Å². The molecule has 5 heteroatoms. The molecule has 4 atom stereocenters. The lowest BCUT2D eigenvalue weighted by Crippen LogP contribution is -2.51. The summed E-state index contributed by atoms with van der Waals surface area (Å²) in [4.78, 5) is 12.1. The van der Waals surface area contributed by atoms with Crippen molar-refractivity contribution in [3.8, 4) is 0 Å². The van der Waals surface area contributed by atoms with Gasteiger partial charge < -0.3 is 11.1 Å². The molecule has 108 valence electrons. The van der Waals surface area contributed by atoms with Crippen molar-refractivity contribution in [2.24, 2.45) is 28.9 Å². The second-order valence-electron chi connectivity index (χ2n) is 7.23. The second-order valence-corrected chi connectivity index (χ2v) is 7.23. The van der Waals surface area contributed by atoms with Crippen molar-refractivity contribution in [1.82, 2.24) is 5.32 Å². The summed E-state index contributed by atoms with van der Waals surface area (Å²) in [5, 5.41) is 2.88. The van der Waals surface area contributed by atoms with Gasteiger partial charge in [-0.3, -0.25) is 4.79 Å². The summed E-state index contributed by atoms with van der Waals surface area (Å²) in [5.41, 5.74) is 5.49. The van der Waals surface area contributed by atoms with Crippen molar-refractivity contribution in [3.05, 3.63) is 0 Å². The van der Waals surface area contributed by atoms with Crippen LogP contribution in [0.2, 0.25) is 0 Å². The Bertz CT molecular complexity index is 391. The highest BCUT2D eigenvalue weighted by Gasteiger charge is 2.54. The molecule has 0 spiro atoms. The Morgan fingerprint density at radius 2 is 2.00 bits per heavy atom. The van der Waals surface area contributed by atoms with Gasteiger partial charge in [-0.05, 0) is 36.5 Å². The van der Waals surface area contributed by atoms with Crippen LogP contribution in [0.5, 0.6) is 0 Å². The number of halogens is 2. The Hall–Kier alpha value is -0.710. The first kappa shape index (κ1) is 13.3. The van der Waals surface area contributed by atoms with Crippen LogP contribution in [-0.4, -0.2) is 24.4 Å². The zero-order chi connectivity index (χ0) is 13.8. The number of nitrogens with one attached hydrogen (secondary N) is 1. The number of nitrogens with two attached hydrogens (primary N) is 1. The molecule has 3 rings (SSSR count). The van der Waals surface area contributed by atoms with Gasteiger partial charge in [-0.25, -0.2) is 8.78 Å². The molecule has 1 unspecified atom stereocenters. The average Bonchev–Trinajstić information content (AvgIpc) is 2.61. The first-order valence-corrected chi connectivity index (χ1v) is 7.19. The summed E-state index contributed by atoms with van der Waals surface area (Å²) in [5.74, 6) is -1.31. The minimum atomic E-state index is -2.53. The van der Waals surface area contributed by atoms with E-state index in [1.54, 1.807) is 0 Å². The van der Waals surface area contributed by atoms with E-state index in [4.69, 9.17) is 5.73 Å². The number of rotatable bonds is 3. The molecule has 0 aliphatic heterocycles. The average molecular weight is 272 g/mol. The monoisotopic (exact) mass is 272 g/mol. The first-order valence-electron chi connectivity index (χ1n) is 7.19. The van der Waals surface area contributed by atoms with Crippen molar-refractivity contribution < 1.29 is 13.6 Å². The van der Waals surface area contributed by atoms with Gasteiger partial charge in [-0.15, -0.1) is 0 Å². The molecule has 0 aromatic heterocycles. The molecule has 19 heavy (non-hydrogen) atoms. The Kier molecular flexibility index (Phi) is 2.89. The molecule has 3 fully saturated rings. The molecule has 0 radical (unpaired) electrons. The molecule has 3 nitrogen and oxygen atoms in total. The Labute approximate surface area is 112 Å². The predicted octanol–water partition coefficient (Wildman–Crippen LogP) is 1.91. The van der Waals surface area contributed by atoms with Crippen LogP contribution in [0, 0.1) is 23.2 Å². The van der Waals surface area contributed by atoms with Gasteiger partial charge in [-0.1, -0.05) is 6.92 Å². The van der Waals surface area contributed by atoms with Crippen molar-refractivity contribution >= 4 is 5.91 Å². The van der Waals surface area contributed by atoms with Crippen LogP contribution in [-0.2, 0) is 4.79 Å². The highest BCUT2D eigenvalue weighted by Crippen LogP contribution is 2.52. The SMILES string of the molecule is CC1(CNC(=O)C2C[C@@H]3C[C@H](N)[C@@H]3C2)CC(F)(F)C1. The maximum atomic E-state index is 12.9. The lowest BCUT2D eigenvalue weighted by molar-refractivity contribution is -0.155. The first-order chi connectivity index (χ1) is 8.78. The third-order valence-electron chi connectivity index (χ3n) is 5.31. The number of hydrogen-bond donors (Lipinski definition) is 2. The van der Waals surface area contributed by atoms with Crippen LogP contribution in [0.25, 0.3) is 0 Å². The minimum Gasteiger partial charge on any atom is -0.355 e. The predicted molar refractivity (Wildman–Crippen MR) is 67.6 cm³/mol. The maximum absolute atomic E-state index is 12.9. The van der Waals surface area contributed by atoms with E-state index >= 15 is 0 Å². The lowest BCUT2D eigenvalue weighted by atomic mass is 9.67. The lowest BCUT2D eigenvalue weighted by Gasteiger charge is -2.45. The van der Waals surface area contributed by atoms with Crippen molar-refractivity contribution in [2.75, 3.05) is 6.54 Å². The van der Waals surface area contributed by atoms with E-state index < -0.39 is 11.3 Å². The molecule has 3 N–H and O–H groups in total. The fourth-order valence-electron chi connectivity index (χ4n) is 4.26. The number of alkyl halides is 2. The van der Waals surface area contributed by atoms with E-state index in [2.05, 4.69) is 5.32 Å². The summed E-state index contributed by atoms with van der Waals surface area (Å²) in [6.07, 6.45) is 2.63. The third-order valence-corrected chi connectivity index (χ3v) is 5.31. The summed E-state index contributed by atoms with van der Waals surface area (Å²) < 4.78 is 25.8. The summed E-state index contributed by atoms with van der Waals surface area (Å²) in [6.45, 7) is 2.19. The Balaban J connectivity index is 1.45. The van der Waals surface area contributed by atoms with Crippen molar-refractivity contribution in [1.29, 1.82) is 0 Å². The van der Waals surface area contributed by atoms with Crippen LogP contribution in [0.1, 0.15) is 39.0 Å². The quantitative estimate of drug-likeness (QED) is 0.824. The molecular formula is C14H22F2N2O. The molecule has 3 aliphatic carbocycles. The van der Waals surface area contributed by atoms with Crippen LogP contribution in [0.15, 0.2) is 0 Å². The Morgan fingerprint density at radius 1 is 1.32 bits per heavy atom. The van der Waals surface area contributed by atoms with Crippen LogP contribution >= 0.6 is 0 Å². The van der Waals surface area contributed by atoms with Gasteiger partial charge in [0.15, 0.2) is 0 Å². The summed E-state index contributed by atoms with van der Waals surface area (Å²) in [7, 11) is 0. The topological polar surface area (TPSA) is 55.1 Å². The van der Waals surface area contributed by atoms with E-state index in [-0.39, 0.29) is 30.7 Å². The van der Waals surface area contributed by atoms with E-state index in [1.165, 1.54) is 0 Å². The zero-order valence-electron chi connectivity index (χ0n) is 11.3. The van der Waals surface area contributed by atoms with Gasteiger partial charge in [0.1, 0.15) is 0 Å². The van der Waals surface area contributed by atoms with Gasteiger partial charge in [0, 0.05) is 31.3 Å². The molecular weight excluding hydrogens is 250 g/mol. The number of hydrogen-bond acceptors (Lipinski definition) is 2. The highest BCUT2D eigenvalue weighted by atomic mass is 19.3. The number of amides is 1. The number of fused-ring (bicyclic) bond motifs is 1. The fourth-order valence-corrected chi connectivity index (χ4v) is 4.26. The standard InChI is InChI=1S/C14H22F2N2O/c1-13(5-14(15,16)6-13)7-18-12(19)9-2-8-4-11(17)10(8)3-9/h8-11H,2-7,17H2,1H3,(H,18,19)/t8-,9?,10-,11+/m1/s1. The van der Waals surface area contributed by atoms with Gasteiger partial charge in [0.2, 0.25) is 11.8 Å². The van der Waals surface area contributed by atoms with E-state index in [1.807, 2.05) is 6.92 Å². The Morgan fingerprint density at radius 3 is 2.53 bits per heavy atom. The molecule has 1 amide bonds. The minimum absolute atomic E-state index is 0.0399. The van der Waals surface area contributed by atoms with Crippen LogP contribution in [0.3, 0.4) is 0 Å². The summed E-state index contributed by atoms with van der Waals surface area (Å²) in [6, 6.07) is 0.269. The normalized spacial score (nSPS) is 41.9. The smallest absolute Gasteiger partial charge is 0.249 e. The largest absolute Gasteiger partial charge is 0.355 e. The van der Waals surface area contributed by atoms with E-state index in [9.17, 15) is 13.6 Å². The van der Waals surface area contributed by atoms with Crippen LogP contribution < -0.4 is 11.1 Å². The number of carbonyl (C=O) groups excluding carboxylic acids is 1. The fraction of sp³-hybridized carbons (Fsp3) is 0.929. The molecule has 0 bridgehead atoms. The van der Waals surface area contributed by atoms with Gasteiger partial charge in [-0.2, -0.15) is 0 Å². The van der Waals surface area contributed by atoms with Crippen molar-refractivity contribution in [3.63, 3.8) is 0 Å². The maximum Gasteiger partial charge on any atom is 0.249 e. The van der Waals surface area contributed by atoms with Gasteiger partial charge in [0.25, 0.3) is 0 Å². The second kappa shape index (κ2) is 4.14. The molecule has 0 aromatic carbocycles. The molecule has 0 heterocycles. The zero-order valence-corrected chi connectivity index (χ0v) is 11.3. The molecule has 3 aliphatic rings. The molecule has 3 saturated carbocycles. The summed E-state index contributed by atoms with van der Waals surface area (Å²) >= 11 is 0. The van der Waals surface area contributed by atoms with Crippen molar-refractivity contribution in [2.45, 2.75) is 51.0 Å². The van der Waals surface area contributed by atoms with E-state index in [0.29, 0.717) is 18.4 Å². The number of carbonyl (C=O) groups is 1. The molecule has 0 aromatic rings. The third kappa shape index (κ3) is 2.37.